The quantitative estimate of drug-likeness (QED) is 0.593. The Labute approximate surface area is 151 Å². The van der Waals surface area contributed by atoms with Crippen molar-refractivity contribution in [1.29, 1.82) is 0 Å². The minimum atomic E-state index is -0.885. The van der Waals surface area contributed by atoms with E-state index in [-0.39, 0.29) is 22.7 Å². The van der Waals surface area contributed by atoms with Gasteiger partial charge in [0.15, 0.2) is 11.5 Å². The first kappa shape index (κ1) is 16.8. The third-order valence-corrected chi connectivity index (χ3v) is 3.96. The molecule has 4 rings (SSSR count). The van der Waals surface area contributed by atoms with Crippen LogP contribution in [-0.4, -0.2) is 20.5 Å². The zero-order valence-corrected chi connectivity index (χ0v) is 13.7. The Morgan fingerprint density at radius 2 is 1.67 bits per heavy atom. The fourth-order valence-corrected chi connectivity index (χ4v) is 2.67. The SMILES string of the molecule is O=C(Nc1ccc(F)cc1F)c1cccn2c(-c3ccc(F)cc3)nnc12. The molecule has 0 fully saturated rings. The highest BCUT2D eigenvalue weighted by atomic mass is 19.1. The molecule has 2 aromatic heterocycles. The van der Waals surface area contributed by atoms with Crippen LogP contribution in [0.4, 0.5) is 18.9 Å². The van der Waals surface area contributed by atoms with Crippen LogP contribution in [0.3, 0.4) is 0 Å². The molecule has 8 heteroatoms. The lowest BCUT2D eigenvalue weighted by Crippen LogP contribution is -2.14. The standard InChI is InChI=1S/C19H11F3N4O/c20-12-5-3-11(4-6-12)17-24-25-18-14(2-1-9-26(17)18)19(27)23-16-8-7-13(21)10-15(16)22/h1-10H,(H,23,27). The lowest BCUT2D eigenvalue weighted by atomic mass is 10.2. The van der Waals surface area contributed by atoms with E-state index in [2.05, 4.69) is 15.5 Å². The Hall–Kier alpha value is -3.68. The van der Waals surface area contributed by atoms with E-state index in [1.807, 2.05) is 0 Å². The number of fused-ring (bicyclic) bond motifs is 1. The topological polar surface area (TPSA) is 59.3 Å². The first-order valence-electron chi connectivity index (χ1n) is 7.89. The first-order chi connectivity index (χ1) is 13.0. The second-order valence-corrected chi connectivity index (χ2v) is 5.72. The maximum absolute atomic E-state index is 13.8. The Balaban J connectivity index is 1.72. The minimum Gasteiger partial charge on any atom is -0.319 e. The van der Waals surface area contributed by atoms with Crippen molar-refractivity contribution in [3.63, 3.8) is 0 Å². The van der Waals surface area contributed by atoms with Crippen LogP contribution in [0, 0.1) is 17.5 Å². The van der Waals surface area contributed by atoms with Gasteiger partial charge in [-0.2, -0.15) is 0 Å². The van der Waals surface area contributed by atoms with Crippen LogP contribution in [0.1, 0.15) is 10.4 Å². The first-order valence-corrected chi connectivity index (χ1v) is 7.89. The molecule has 0 saturated heterocycles. The number of aromatic nitrogens is 3. The average molecular weight is 368 g/mol. The fourth-order valence-electron chi connectivity index (χ4n) is 2.67. The van der Waals surface area contributed by atoms with Crippen LogP contribution in [-0.2, 0) is 0 Å². The summed E-state index contributed by atoms with van der Waals surface area (Å²) in [6.45, 7) is 0. The number of carbonyl (C=O) groups is 1. The molecule has 0 atom stereocenters. The van der Waals surface area contributed by atoms with Crippen LogP contribution >= 0.6 is 0 Å². The largest absolute Gasteiger partial charge is 0.319 e. The van der Waals surface area contributed by atoms with Crippen LogP contribution in [0.25, 0.3) is 17.0 Å². The maximum Gasteiger partial charge on any atom is 0.259 e. The van der Waals surface area contributed by atoms with Gasteiger partial charge in [0.2, 0.25) is 0 Å². The highest BCUT2D eigenvalue weighted by Crippen LogP contribution is 2.22. The average Bonchev–Trinajstić information content (AvgIpc) is 3.09. The molecule has 0 aliphatic rings. The number of rotatable bonds is 3. The van der Waals surface area contributed by atoms with Gasteiger partial charge >= 0.3 is 0 Å². The van der Waals surface area contributed by atoms with Crippen LogP contribution in [0.2, 0.25) is 0 Å². The van der Waals surface area contributed by atoms with Crippen molar-refractivity contribution >= 4 is 17.2 Å². The number of anilines is 1. The Morgan fingerprint density at radius 3 is 2.41 bits per heavy atom. The Kier molecular flexibility index (Phi) is 4.08. The monoisotopic (exact) mass is 368 g/mol. The van der Waals surface area contributed by atoms with Gasteiger partial charge in [-0.25, -0.2) is 13.2 Å². The Bertz CT molecular complexity index is 1160. The van der Waals surface area contributed by atoms with Gasteiger partial charge in [-0.3, -0.25) is 9.20 Å². The fraction of sp³-hybridized carbons (Fsp3) is 0. The van der Waals surface area contributed by atoms with E-state index in [0.717, 1.165) is 12.1 Å². The number of amides is 1. The highest BCUT2D eigenvalue weighted by Gasteiger charge is 2.17. The van der Waals surface area contributed by atoms with E-state index >= 15 is 0 Å². The summed E-state index contributed by atoms with van der Waals surface area (Å²) >= 11 is 0. The van der Waals surface area contributed by atoms with Gasteiger partial charge in [-0.05, 0) is 48.5 Å². The van der Waals surface area contributed by atoms with E-state index in [1.165, 1.54) is 18.2 Å². The second-order valence-electron chi connectivity index (χ2n) is 5.72. The van der Waals surface area contributed by atoms with Crippen LogP contribution in [0.15, 0.2) is 60.8 Å². The van der Waals surface area contributed by atoms with Crippen molar-refractivity contribution < 1.29 is 18.0 Å². The van der Waals surface area contributed by atoms with Gasteiger partial charge in [0.1, 0.15) is 17.5 Å². The van der Waals surface area contributed by atoms with Gasteiger partial charge in [0, 0.05) is 17.8 Å². The lowest BCUT2D eigenvalue weighted by molar-refractivity contribution is 0.102. The molecule has 5 nitrogen and oxygen atoms in total. The molecule has 0 spiro atoms. The molecule has 0 saturated carbocycles. The molecule has 0 aliphatic carbocycles. The van der Waals surface area contributed by atoms with E-state index in [1.54, 1.807) is 28.8 Å². The third kappa shape index (κ3) is 3.12. The zero-order chi connectivity index (χ0) is 19.0. The summed E-state index contributed by atoms with van der Waals surface area (Å²) in [6.07, 6.45) is 1.66. The summed E-state index contributed by atoms with van der Waals surface area (Å²) in [5.74, 6) is -2.21. The molecule has 1 amide bonds. The second kappa shape index (κ2) is 6.56. The lowest BCUT2D eigenvalue weighted by Gasteiger charge is -2.07. The van der Waals surface area contributed by atoms with Crippen molar-refractivity contribution in [3.05, 3.63) is 83.8 Å². The third-order valence-electron chi connectivity index (χ3n) is 3.96. The smallest absolute Gasteiger partial charge is 0.259 e. The van der Waals surface area contributed by atoms with Crippen LogP contribution < -0.4 is 5.32 Å². The van der Waals surface area contributed by atoms with Gasteiger partial charge in [-0.1, -0.05) is 0 Å². The number of benzene rings is 2. The number of nitrogens with zero attached hydrogens (tertiary/aromatic N) is 3. The van der Waals surface area contributed by atoms with Crippen molar-refractivity contribution in [1.82, 2.24) is 14.6 Å². The number of hydrogen-bond acceptors (Lipinski definition) is 3. The minimum absolute atomic E-state index is 0.151. The van der Waals surface area contributed by atoms with Crippen molar-refractivity contribution in [3.8, 4) is 11.4 Å². The number of carbonyl (C=O) groups excluding carboxylic acids is 1. The van der Waals surface area contributed by atoms with Gasteiger partial charge in [-0.15, -0.1) is 10.2 Å². The molecule has 134 valence electrons. The predicted octanol–water partition coefficient (Wildman–Crippen LogP) is 4.07. The molecule has 2 heterocycles. The van der Waals surface area contributed by atoms with E-state index in [4.69, 9.17) is 0 Å². The van der Waals surface area contributed by atoms with Crippen LogP contribution in [0.5, 0.6) is 0 Å². The summed E-state index contributed by atoms with van der Waals surface area (Å²) in [5, 5.41) is 10.5. The molecule has 1 N–H and O–H groups in total. The number of halogens is 3. The summed E-state index contributed by atoms with van der Waals surface area (Å²) < 4.78 is 41.5. The molecule has 0 radical (unpaired) electrons. The highest BCUT2D eigenvalue weighted by molar-refractivity contribution is 6.08. The number of nitrogens with one attached hydrogen (secondary N) is 1. The van der Waals surface area contributed by atoms with Gasteiger partial charge < -0.3 is 5.32 Å². The van der Waals surface area contributed by atoms with Gasteiger partial charge in [0.05, 0.1) is 11.3 Å². The summed E-state index contributed by atoms with van der Waals surface area (Å²) in [7, 11) is 0. The van der Waals surface area contributed by atoms with E-state index in [9.17, 15) is 18.0 Å². The molecule has 4 aromatic rings. The zero-order valence-electron chi connectivity index (χ0n) is 13.7. The number of hydrogen-bond donors (Lipinski definition) is 1. The van der Waals surface area contributed by atoms with E-state index in [0.29, 0.717) is 17.5 Å². The normalized spacial score (nSPS) is 10.9. The Morgan fingerprint density at radius 1 is 0.926 bits per heavy atom. The molecule has 2 aromatic carbocycles. The van der Waals surface area contributed by atoms with Crippen molar-refractivity contribution in [2.75, 3.05) is 5.32 Å². The molecule has 0 aliphatic heterocycles. The molecule has 27 heavy (non-hydrogen) atoms. The van der Waals surface area contributed by atoms with Crippen molar-refractivity contribution in [2.24, 2.45) is 0 Å². The summed E-state index contributed by atoms with van der Waals surface area (Å²) in [4.78, 5) is 12.6. The number of pyridine rings is 1. The molecule has 0 unspecified atom stereocenters. The summed E-state index contributed by atoms with van der Waals surface area (Å²) in [6, 6.07) is 11.7. The molecular weight excluding hydrogens is 357 g/mol. The predicted molar refractivity (Wildman–Crippen MR) is 92.7 cm³/mol. The van der Waals surface area contributed by atoms with Gasteiger partial charge in [0.25, 0.3) is 5.91 Å². The van der Waals surface area contributed by atoms with E-state index < -0.39 is 17.5 Å². The molecule has 0 bridgehead atoms. The van der Waals surface area contributed by atoms with Crippen molar-refractivity contribution in [2.45, 2.75) is 0 Å². The maximum atomic E-state index is 13.8. The molecular formula is C19H11F3N4O. The summed E-state index contributed by atoms with van der Waals surface area (Å²) in [5.41, 5.74) is 0.867.